The Labute approximate surface area is 263 Å². The fourth-order valence-electron chi connectivity index (χ4n) is 5.79. The maximum absolute atomic E-state index is 12.5. The molecule has 45 heavy (non-hydrogen) atoms. The molecule has 1 aliphatic heterocycles. The number of carbonyl (C=O) groups is 2. The number of ketones is 1. The molecule has 0 spiro atoms. The summed E-state index contributed by atoms with van der Waals surface area (Å²) in [5, 5.41) is 31.7. The van der Waals surface area contributed by atoms with Crippen LogP contribution in [0.5, 0.6) is 5.75 Å². The van der Waals surface area contributed by atoms with Crippen LogP contribution in [0, 0.1) is 11.8 Å². The first-order chi connectivity index (χ1) is 21.9. The highest BCUT2D eigenvalue weighted by Crippen LogP contribution is 2.37. The number of hydrogen-bond donors (Lipinski definition) is 3. The fourth-order valence-corrected chi connectivity index (χ4v) is 5.79. The molecule has 236 valence electrons. The van der Waals surface area contributed by atoms with Crippen molar-refractivity contribution in [3.63, 3.8) is 0 Å². The first kappa shape index (κ1) is 32.3. The number of benzene rings is 3. The average Bonchev–Trinajstić information content (AvgIpc) is 3.35. The van der Waals surface area contributed by atoms with Crippen molar-refractivity contribution >= 4 is 11.8 Å². The lowest BCUT2D eigenvalue weighted by Gasteiger charge is -2.28. The highest BCUT2D eigenvalue weighted by atomic mass is 16.7. The Kier molecular flexibility index (Phi) is 11.3. The van der Waals surface area contributed by atoms with Crippen LogP contribution in [0.2, 0.25) is 0 Å². The van der Waals surface area contributed by atoms with Gasteiger partial charge >= 0.3 is 5.97 Å². The number of unbranched alkanes of at least 4 members (excludes halogenated alkanes) is 1. The third kappa shape index (κ3) is 8.77. The van der Waals surface area contributed by atoms with Gasteiger partial charge < -0.3 is 29.5 Å². The van der Waals surface area contributed by atoms with Crippen LogP contribution >= 0.6 is 0 Å². The van der Waals surface area contributed by atoms with E-state index in [9.17, 15) is 24.9 Å². The van der Waals surface area contributed by atoms with Gasteiger partial charge in [0.05, 0.1) is 18.8 Å². The van der Waals surface area contributed by atoms with Crippen molar-refractivity contribution in [3.8, 4) is 16.9 Å². The van der Waals surface area contributed by atoms with E-state index in [1.54, 1.807) is 24.3 Å². The molecule has 0 bridgehead atoms. The molecule has 1 aliphatic carbocycles. The molecular weight excluding hydrogens is 572 g/mol. The minimum absolute atomic E-state index is 0.189. The number of aliphatic hydroxyl groups excluding tert-OH is 3. The number of ether oxygens (including phenoxy) is 3. The molecule has 8 heteroatoms. The molecule has 8 nitrogen and oxygen atoms in total. The lowest BCUT2D eigenvalue weighted by molar-refractivity contribution is -0.152. The summed E-state index contributed by atoms with van der Waals surface area (Å²) in [6.07, 6.45) is 6.09. The summed E-state index contributed by atoms with van der Waals surface area (Å²) in [6.45, 7) is 0.0425. The largest absolute Gasteiger partial charge is 0.461 e. The van der Waals surface area contributed by atoms with Crippen molar-refractivity contribution in [1.29, 1.82) is 0 Å². The lowest BCUT2D eigenvalue weighted by atomic mass is 9.89. The predicted molar refractivity (Wildman–Crippen MR) is 169 cm³/mol. The molecule has 0 amide bonds. The van der Waals surface area contributed by atoms with Crippen LogP contribution in [-0.4, -0.2) is 58.3 Å². The molecule has 5 rings (SSSR count). The molecule has 0 aromatic heterocycles. The van der Waals surface area contributed by atoms with Crippen LogP contribution in [0.4, 0.5) is 0 Å². The first-order valence-corrected chi connectivity index (χ1v) is 15.5. The number of carbonyl (C=O) groups excluding carboxylic acids is 2. The summed E-state index contributed by atoms with van der Waals surface area (Å²) < 4.78 is 16.6. The number of allylic oxidation sites excluding steroid dienone is 2. The zero-order valence-corrected chi connectivity index (χ0v) is 25.1. The van der Waals surface area contributed by atoms with Gasteiger partial charge in [-0.1, -0.05) is 97.1 Å². The molecule has 0 radical (unpaired) electrons. The zero-order valence-electron chi connectivity index (χ0n) is 25.1. The van der Waals surface area contributed by atoms with E-state index < -0.39 is 30.6 Å². The van der Waals surface area contributed by atoms with E-state index in [1.165, 1.54) is 0 Å². The quantitative estimate of drug-likeness (QED) is 0.101. The summed E-state index contributed by atoms with van der Waals surface area (Å²) in [4.78, 5) is 24.6. The number of esters is 1. The average molecular weight is 613 g/mol. The van der Waals surface area contributed by atoms with Crippen LogP contribution in [0.15, 0.2) is 103 Å². The van der Waals surface area contributed by atoms with Crippen molar-refractivity contribution in [3.05, 3.63) is 114 Å². The van der Waals surface area contributed by atoms with Gasteiger partial charge in [-0.2, -0.15) is 0 Å². The van der Waals surface area contributed by atoms with Crippen molar-refractivity contribution < 1.29 is 39.1 Å². The molecule has 1 heterocycles. The van der Waals surface area contributed by atoms with Crippen molar-refractivity contribution in [2.75, 3.05) is 6.61 Å². The molecule has 3 aromatic rings. The van der Waals surface area contributed by atoms with Crippen LogP contribution in [0.3, 0.4) is 0 Å². The van der Waals surface area contributed by atoms with Crippen molar-refractivity contribution in [2.45, 2.75) is 63.3 Å². The molecule has 3 N–H and O–H groups in total. The monoisotopic (exact) mass is 612 g/mol. The van der Waals surface area contributed by atoms with E-state index in [0.29, 0.717) is 37.2 Å². The summed E-state index contributed by atoms with van der Waals surface area (Å²) in [6, 6.07) is 24.6. The smallest absolute Gasteiger partial charge is 0.306 e. The molecule has 1 fully saturated rings. The van der Waals surface area contributed by atoms with E-state index in [2.05, 4.69) is 0 Å². The van der Waals surface area contributed by atoms with Gasteiger partial charge in [-0.25, -0.2) is 0 Å². The number of rotatable bonds is 13. The first-order valence-electron chi connectivity index (χ1n) is 15.5. The van der Waals surface area contributed by atoms with Crippen LogP contribution in [-0.2, 0) is 20.9 Å². The highest BCUT2D eigenvalue weighted by Gasteiger charge is 2.39. The molecule has 2 aliphatic rings. The third-order valence-electron chi connectivity index (χ3n) is 8.35. The summed E-state index contributed by atoms with van der Waals surface area (Å²) in [7, 11) is 0. The van der Waals surface area contributed by atoms with Crippen molar-refractivity contribution in [2.24, 2.45) is 11.8 Å². The molecule has 0 unspecified atom stereocenters. The zero-order chi connectivity index (χ0) is 31.6. The number of fused-ring (bicyclic) bond motifs is 1. The van der Waals surface area contributed by atoms with E-state index in [1.807, 2.05) is 78.9 Å². The lowest BCUT2D eigenvalue weighted by Crippen LogP contribution is -2.36. The maximum Gasteiger partial charge on any atom is 0.306 e. The molecule has 3 aromatic carbocycles. The van der Waals surface area contributed by atoms with E-state index in [0.717, 1.165) is 16.7 Å². The minimum atomic E-state index is -1.03. The van der Waals surface area contributed by atoms with Crippen molar-refractivity contribution in [1.82, 2.24) is 0 Å². The highest BCUT2D eigenvalue weighted by molar-refractivity contribution is 5.98. The Morgan fingerprint density at radius 2 is 1.64 bits per heavy atom. The second-order valence-electron chi connectivity index (χ2n) is 11.5. The summed E-state index contributed by atoms with van der Waals surface area (Å²) >= 11 is 0. The van der Waals surface area contributed by atoms with Gasteiger partial charge in [-0.3, -0.25) is 9.59 Å². The normalized spacial score (nSPS) is 23.5. The Hall–Kier alpha value is -4.08. The molecule has 1 saturated carbocycles. The number of hydrogen-bond acceptors (Lipinski definition) is 8. The second kappa shape index (κ2) is 15.8. The van der Waals surface area contributed by atoms with E-state index in [-0.39, 0.29) is 37.1 Å². The van der Waals surface area contributed by atoms with Gasteiger partial charge in [0.2, 0.25) is 6.29 Å². The molecule has 6 atom stereocenters. The van der Waals surface area contributed by atoms with Gasteiger partial charge in [0.15, 0.2) is 12.4 Å². The number of Topliss-reactive ketones (excluding diaryl/α,β-unsaturated/α-hetero) is 1. The molecule has 0 saturated heterocycles. The number of para-hydroxylation sites is 1. The van der Waals surface area contributed by atoms with Gasteiger partial charge in [0, 0.05) is 29.9 Å². The van der Waals surface area contributed by atoms with E-state index in [4.69, 9.17) is 14.2 Å². The Morgan fingerprint density at radius 3 is 2.44 bits per heavy atom. The van der Waals surface area contributed by atoms with E-state index >= 15 is 0 Å². The Bertz CT molecular complexity index is 1470. The standard InChI is InChI=1S/C37H40O8/c38-31(37-44-23-28-12-8-9-14-35(28)45-37)21-20-30-29(32(39)22-33(30)40)13-6-1-2-7-15-36(42)43-24-34(41)27-18-16-26(17-19-27)25-10-4-3-5-11-25/h1,3-6,8-12,14,16-21,29-33,37-40H,2,7,13,15,22-24H2/t29-,30-,31+,32+,33-,37+/m1/s1. The SMILES string of the molecule is O=C(CCCC=CC[C@@H]1[C@@H](C=C[C@H](O)[C@H]2OCc3ccccc3O2)[C@H](O)C[C@@H]1O)OCC(=O)c1ccc(-c2ccccc2)cc1. The maximum atomic E-state index is 12.5. The third-order valence-corrected chi connectivity index (χ3v) is 8.35. The number of aliphatic hydroxyl groups is 3. The van der Waals surface area contributed by atoms with Gasteiger partial charge in [0.25, 0.3) is 0 Å². The minimum Gasteiger partial charge on any atom is -0.461 e. The van der Waals surface area contributed by atoms with Gasteiger partial charge in [0.1, 0.15) is 11.9 Å². The van der Waals surface area contributed by atoms with Gasteiger partial charge in [-0.05, 0) is 42.4 Å². The van der Waals surface area contributed by atoms with Gasteiger partial charge in [-0.15, -0.1) is 0 Å². The summed E-state index contributed by atoms with van der Waals surface area (Å²) in [5.41, 5.74) is 3.48. The topological polar surface area (TPSA) is 123 Å². The van der Waals surface area contributed by atoms with Crippen LogP contribution in [0.1, 0.15) is 48.0 Å². The Balaban J connectivity index is 1.01. The second-order valence-corrected chi connectivity index (χ2v) is 11.5. The molecular formula is C37H40O8. The van der Waals surface area contributed by atoms with Crippen LogP contribution < -0.4 is 4.74 Å². The van der Waals surface area contributed by atoms with Crippen LogP contribution in [0.25, 0.3) is 11.1 Å². The fraction of sp³-hybridized carbons (Fsp3) is 0.351. The summed E-state index contributed by atoms with van der Waals surface area (Å²) in [5.74, 6) is -0.554. The predicted octanol–water partition coefficient (Wildman–Crippen LogP) is 5.41. The Morgan fingerprint density at radius 1 is 0.911 bits per heavy atom.